The molecule has 0 saturated heterocycles. The quantitative estimate of drug-likeness (QED) is 0.672. The Labute approximate surface area is 198 Å². The molecule has 2 amide bonds. The van der Waals surface area contributed by atoms with E-state index in [1.165, 1.54) is 6.20 Å². The highest BCUT2D eigenvalue weighted by molar-refractivity contribution is 5.94. The molecule has 186 valence electrons. The minimum atomic E-state index is -4.56. The Morgan fingerprint density at radius 1 is 1.03 bits per heavy atom. The molecule has 1 aliphatic heterocycles. The van der Waals surface area contributed by atoms with Crippen LogP contribution in [0.5, 0.6) is 0 Å². The molecule has 7 nitrogen and oxygen atoms in total. The Bertz CT molecular complexity index is 989. The van der Waals surface area contributed by atoms with Gasteiger partial charge in [0.05, 0.1) is 0 Å². The van der Waals surface area contributed by atoms with Crippen molar-refractivity contribution in [1.29, 1.82) is 0 Å². The highest BCUT2D eigenvalue weighted by atomic mass is 19.4. The molecule has 0 fully saturated rings. The molecule has 1 aromatic carbocycles. The number of carbonyl (C=O) groups is 2. The molecule has 3 rings (SSSR count). The normalized spacial score (nSPS) is 16.3. The van der Waals surface area contributed by atoms with E-state index in [2.05, 4.69) is 10.00 Å². The highest BCUT2D eigenvalue weighted by Gasteiger charge is 2.34. The second kappa shape index (κ2) is 11.0. The van der Waals surface area contributed by atoms with E-state index in [9.17, 15) is 22.8 Å². The summed E-state index contributed by atoms with van der Waals surface area (Å²) < 4.78 is 39.7. The van der Waals surface area contributed by atoms with E-state index in [1.54, 1.807) is 9.80 Å². The van der Waals surface area contributed by atoms with Crippen LogP contribution in [0.15, 0.2) is 36.5 Å². The Morgan fingerprint density at radius 3 is 2.44 bits per heavy atom. The largest absolute Gasteiger partial charge is 0.435 e. The Morgan fingerprint density at radius 2 is 1.76 bits per heavy atom. The molecule has 0 N–H and O–H groups in total. The fraction of sp³-hybridized carbons (Fsp3) is 0.542. The monoisotopic (exact) mass is 479 g/mol. The fourth-order valence-electron chi connectivity index (χ4n) is 3.99. The number of nitrogens with zero attached hydrogens (tertiary/aromatic N) is 5. The maximum atomic E-state index is 13.1. The minimum Gasteiger partial charge on any atom is -0.335 e. The zero-order valence-corrected chi connectivity index (χ0v) is 19.9. The summed E-state index contributed by atoms with van der Waals surface area (Å²) >= 11 is 0. The standard InChI is InChI=1S/C24H32F3N5O2/c1-18(2)15-22(33)32-11-6-10-29(3)13-14-30(16-19-7-4-5-8-20(19)32)23(34)17-31-12-9-21(28-31)24(25,26)27/h4-5,7-9,12,18H,6,10-11,13-17H2,1-3H3. The number of para-hydroxylation sites is 1. The summed E-state index contributed by atoms with van der Waals surface area (Å²) in [5, 5.41) is 3.51. The van der Waals surface area contributed by atoms with Gasteiger partial charge in [-0.3, -0.25) is 14.3 Å². The molecule has 2 aromatic rings. The number of rotatable bonds is 4. The van der Waals surface area contributed by atoms with Crippen molar-refractivity contribution in [2.45, 2.75) is 46.0 Å². The Balaban J connectivity index is 1.87. The number of aromatic nitrogens is 2. The molecule has 0 aliphatic carbocycles. The lowest BCUT2D eigenvalue weighted by Crippen LogP contribution is -2.39. The predicted molar refractivity (Wildman–Crippen MR) is 123 cm³/mol. The molecular formula is C24H32F3N5O2. The highest BCUT2D eigenvalue weighted by Crippen LogP contribution is 2.27. The molecule has 0 saturated carbocycles. The molecule has 0 unspecified atom stereocenters. The van der Waals surface area contributed by atoms with Gasteiger partial charge in [-0.2, -0.15) is 18.3 Å². The van der Waals surface area contributed by atoms with E-state index < -0.39 is 11.9 Å². The first-order chi connectivity index (χ1) is 16.0. The van der Waals surface area contributed by atoms with Gasteiger partial charge in [0.2, 0.25) is 11.8 Å². The molecule has 2 heterocycles. The van der Waals surface area contributed by atoms with Crippen LogP contribution in [0.25, 0.3) is 0 Å². The number of alkyl halides is 3. The maximum absolute atomic E-state index is 13.1. The van der Waals surface area contributed by atoms with Crippen LogP contribution in [-0.2, 0) is 28.9 Å². The first-order valence-corrected chi connectivity index (χ1v) is 11.5. The van der Waals surface area contributed by atoms with Gasteiger partial charge in [-0.05, 0) is 43.6 Å². The molecule has 10 heteroatoms. The van der Waals surface area contributed by atoms with Gasteiger partial charge in [0.25, 0.3) is 0 Å². The predicted octanol–water partition coefficient (Wildman–Crippen LogP) is 3.65. The first-order valence-electron chi connectivity index (χ1n) is 11.5. The smallest absolute Gasteiger partial charge is 0.335 e. The molecule has 0 atom stereocenters. The van der Waals surface area contributed by atoms with Crippen LogP contribution in [0.1, 0.15) is 37.9 Å². The lowest BCUT2D eigenvalue weighted by Gasteiger charge is -2.28. The van der Waals surface area contributed by atoms with Gasteiger partial charge < -0.3 is 14.7 Å². The first kappa shape index (κ1) is 25.7. The lowest BCUT2D eigenvalue weighted by molar-refractivity contribution is -0.142. The van der Waals surface area contributed by atoms with Crippen LogP contribution < -0.4 is 4.90 Å². The summed E-state index contributed by atoms with van der Waals surface area (Å²) in [5.41, 5.74) is 0.574. The number of hydrogen-bond acceptors (Lipinski definition) is 4. The van der Waals surface area contributed by atoms with Crippen LogP contribution in [0.2, 0.25) is 0 Å². The van der Waals surface area contributed by atoms with E-state index in [0.717, 1.165) is 35.0 Å². The molecule has 0 spiro atoms. The fourth-order valence-corrected chi connectivity index (χ4v) is 3.99. The van der Waals surface area contributed by atoms with Gasteiger partial charge in [0.1, 0.15) is 6.54 Å². The molecule has 1 aromatic heterocycles. The number of halogens is 3. The number of anilines is 1. The second-order valence-corrected chi connectivity index (χ2v) is 9.14. The van der Waals surface area contributed by atoms with Crippen molar-refractivity contribution in [2.24, 2.45) is 5.92 Å². The number of hydrogen-bond donors (Lipinski definition) is 0. The van der Waals surface area contributed by atoms with E-state index in [4.69, 9.17) is 0 Å². The Hall–Kier alpha value is -2.88. The summed E-state index contributed by atoms with van der Waals surface area (Å²) in [6.07, 6.45) is -2.18. The topological polar surface area (TPSA) is 61.7 Å². The van der Waals surface area contributed by atoms with Crippen LogP contribution in [0, 0.1) is 5.92 Å². The van der Waals surface area contributed by atoms with Crippen molar-refractivity contribution < 1.29 is 22.8 Å². The van der Waals surface area contributed by atoms with Crippen molar-refractivity contribution in [2.75, 3.05) is 38.1 Å². The van der Waals surface area contributed by atoms with Gasteiger partial charge >= 0.3 is 6.18 Å². The summed E-state index contributed by atoms with van der Waals surface area (Å²) in [4.78, 5) is 31.7. The molecule has 1 aliphatic rings. The van der Waals surface area contributed by atoms with Gasteiger partial charge in [0, 0.05) is 44.5 Å². The maximum Gasteiger partial charge on any atom is 0.435 e. The summed E-state index contributed by atoms with van der Waals surface area (Å²) in [7, 11) is 1.96. The van der Waals surface area contributed by atoms with Crippen LogP contribution >= 0.6 is 0 Å². The van der Waals surface area contributed by atoms with Gasteiger partial charge in [-0.15, -0.1) is 0 Å². The second-order valence-electron chi connectivity index (χ2n) is 9.14. The van der Waals surface area contributed by atoms with Gasteiger partial charge in [0.15, 0.2) is 5.69 Å². The van der Waals surface area contributed by atoms with E-state index in [1.807, 2.05) is 45.2 Å². The number of amides is 2. The number of carbonyl (C=O) groups excluding carboxylic acids is 2. The number of fused-ring (bicyclic) bond motifs is 1. The van der Waals surface area contributed by atoms with Crippen molar-refractivity contribution in [3.63, 3.8) is 0 Å². The average molecular weight is 480 g/mol. The summed E-state index contributed by atoms with van der Waals surface area (Å²) in [6.45, 7) is 6.32. The van der Waals surface area contributed by atoms with Crippen molar-refractivity contribution in [3.8, 4) is 0 Å². The third kappa shape index (κ3) is 6.82. The van der Waals surface area contributed by atoms with E-state index in [0.29, 0.717) is 26.1 Å². The third-order valence-corrected chi connectivity index (χ3v) is 5.78. The Kier molecular flexibility index (Phi) is 8.35. The molecular weight excluding hydrogens is 447 g/mol. The van der Waals surface area contributed by atoms with Crippen LogP contribution in [0.4, 0.5) is 18.9 Å². The van der Waals surface area contributed by atoms with Crippen LogP contribution in [-0.4, -0.2) is 64.6 Å². The average Bonchev–Trinajstić information content (AvgIpc) is 3.21. The van der Waals surface area contributed by atoms with Crippen molar-refractivity contribution >= 4 is 17.5 Å². The number of likely N-dealkylation sites (N-methyl/N-ethyl adjacent to an activating group) is 1. The SMILES string of the molecule is CC(C)CC(=O)N1CCCN(C)CCN(C(=O)Cn2ccc(C(F)(F)F)n2)Cc2ccccc21. The lowest BCUT2D eigenvalue weighted by atomic mass is 10.1. The van der Waals surface area contributed by atoms with Gasteiger partial charge in [-0.1, -0.05) is 32.0 Å². The molecule has 0 bridgehead atoms. The zero-order chi connectivity index (χ0) is 24.9. The van der Waals surface area contributed by atoms with Crippen molar-refractivity contribution in [1.82, 2.24) is 19.6 Å². The third-order valence-electron chi connectivity index (χ3n) is 5.78. The number of benzene rings is 1. The van der Waals surface area contributed by atoms with E-state index in [-0.39, 0.29) is 30.8 Å². The van der Waals surface area contributed by atoms with Crippen molar-refractivity contribution in [3.05, 3.63) is 47.8 Å². The van der Waals surface area contributed by atoms with Crippen LogP contribution in [0.3, 0.4) is 0 Å². The summed E-state index contributed by atoms with van der Waals surface area (Å²) in [6, 6.07) is 8.38. The molecule has 0 radical (unpaired) electrons. The minimum absolute atomic E-state index is 0.0402. The zero-order valence-electron chi connectivity index (χ0n) is 19.9. The summed E-state index contributed by atoms with van der Waals surface area (Å²) in [5.74, 6) is -0.0768. The van der Waals surface area contributed by atoms with E-state index >= 15 is 0 Å². The molecule has 34 heavy (non-hydrogen) atoms. The van der Waals surface area contributed by atoms with Gasteiger partial charge in [-0.25, -0.2) is 0 Å².